The largest absolute Gasteiger partial charge is 0.360 e. The third-order valence-electron chi connectivity index (χ3n) is 3.44. The molecule has 0 saturated heterocycles. The number of hydrogen-bond donors (Lipinski definition) is 1. The molecule has 0 atom stereocenters. The van der Waals surface area contributed by atoms with Crippen LogP contribution in [0.15, 0.2) is 41.2 Å². The van der Waals surface area contributed by atoms with Crippen LogP contribution in [0, 0.1) is 20.8 Å². The van der Waals surface area contributed by atoms with Crippen molar-refractivity contribution in [1.82, 2.24) is 14.7 Å². The molecule has 3 aromatic heterocycles. The lowest BCUT2D eigenvalue weighted by Gasteiger charge is -2.06. The lowest BCUT2D eigenvalue weighted by Crippen LogP contribution is -2.13. The summed E-state index contributed by atoms with van der Waals surface area (Å²) in [5.41, 5.74) is 2.99. The number of pyridine rings is 1. The molecule has 0 aromatic carbocycles. The average molecular weight is 296 g/mol. The van der Waals surface area contributed by atoms with Gasteiger partial charge in [0.25, 0.3) is 5.91 Å². The van der Waals surface area contributed by atoms with Crippen LogP contribution in [0.25, 0.3) is 5.82 Å². The number of nitrogens with one attached hydrogen (secondary N) is 1. The zero-order valence-corrected chi connectivity index (χ0v) is 12.6. The molecule has 0 aliphatic rings. The maximum Gasteiger partial charge on any atom is 0.257 e. The fraction of sp³-hybridized carbons (Fsp3) is 0.188. The Kier molecular flexibility index (Phi) is 3.50. The monoisotopic (exact) mass is 296 g/mol. The predicted molar refractivity (Wildman–Crippen MR) is 82.2 cm³/mol. The van der Waals surface area contributed by atoms with Crippen molar-refractivity contribution < 1.29 is 9.32 Å². The van der Waals surface area contributed by atoms with Gasteiger partial charge in [-0.3, -0.25) is 14.3 Å². The van der Waals surface area contributed by atoms with Crippen molar-refractivity contribution in [2.24, 2.45) is 0 Å². The molecule has 1 N–H and O–H groups in total. The van der Waals surface area contributed by atoms with Gasteiger partial charge in [0.15, 0.2) is 5.82 Å². The van der Waals surface area contributed by atoms with Gasteiger partial charge >= 0.3 is 0 Å². The van der Waals surface area contributed by atoms with Gasteiger partial charge in [-0.05, 0) is 39.0 Å². The fourth-order valence-electron chi connectivity index (χ4n) is 2.44. The molecule has 6 nitrogen and oxygen atoms in total. The number of aromatic nitrogens is 3. The van der Waals surface area contributed by atoms with E-state index in [1.165, 1.54) is 0 Å². The van der Waals surface area contributed by atoms with Gasteiger partial charge in [0.2, 0.25) is 0 Å². The van der Waals surface area contributed by atoms with Crippen LogP contribution >= 0.6 is 0 Å². The van der Waals surface area contributed by atoms with E-state index < -0.39 is 0 Å². The standard InChI is InChI=1S/C16H16N4O2/c1-10-7-14(16(21)18-13-5-4-6-17-9-13)12(3)20(10)15-8-11(2)22-19-15/h4-9H,1-3H3,(H,18,21). The molecule has 0 aliphatic heterocycles. The van der Waals surface area contributed by atoms with Crippen LogP contribution in [-0.2, 0) is 0 Å². The van der Waals surface area contributed by atoms with Crippen LogP contribution in [0.2, 0.25) is 0 Å². The first-order chi connectivity index (χ1) is 10.6. The van der Waals surface area contributed by atoms with Gasteiger partial charge in [-0.1, -0.05) is 5.16 Å². The Bertz CT molecular complexity index is 818. The molecule has 0 aliphatic carbocycles. The molecule has 112 valence electrons. The highest BCUT2D eigenvalue weighted by Crippen LogP contribution is 2.21. The molecule has 0 radical (unpaired) electrons. The normalized spacial score (nSPS) is 10.7. The van der Waals surface area contributed by atoms with E-state index in [-0.39, 0.29) is 5.91 Å². The van der Waals surface area contributed by atoms with Crippen LogP contribution in [0.3, 0.4) is 0 Å². The topological polar surface area (TPSA) is 73.0 Å². The lowest BCUT2D eigenvalue weighted by molar-refractivity contribution is 0.102. The quantitative estimate of drug-likeness (QED) is 0.806. The van der Waals surface area contributed by atoms with E-state index in [1.54, 1.807) is 24.5 Å². The minimum Gasteiger partial charge on any atom is -0.360 e. The first-order valence-corrected chi connectivity index (χ1v) is 6.90. The summed E-state index contributed by atoms with van der Waals surface area (Å²) in [6.45, 7) is 5.65. The van der Waals surface area contributed by atoms with E-state index in [0.717, 1.165) is 17.1 Å². The highest BCUT2D eigenvalue weighted by atomic mass is 16.5. The molecular weight excluding hydrogens is 280 g/mol. The molecule has 0 bridgehead atoms. The van der Waals surface area contributed by atoms with Crippen molar-refractivity contribution in [1.29, 1.82) is 0 Å². The van der Waals surface area contributed by atoms with Gasteiger partial charge in [0.1, 0.15) is 5.76 Å². The Morgan fingerprint density at radius 1 is 1.27 bits per heavy atom. The van der Waals surface area contributed by atoms with Crippen molar-refractivity contribution in [3.05, 3.63) is 59.4 Å². The van der Waals surface area contributed by atoms with Gasteiger partial charge in [-0.25, -0.2) is 0 Å². The summed E-state index contributed by atoms with van der Waals surface area (Å²) >= 11 is 0. The molecule has 0 unspecified atom stereocenters. The Morgan fingerprint density at radius 2 is 2.09 bits per heavy atom. The van der Waals surface area contributed by atoms with Crippen LogP contribution < -0.4 is 5.32 Å². The summed E-state index contributed by atoms with van der Waals surface area (Å²) in [7, 11) is 0. The summed E-state index contributed by atoms with van der Waals surface area (Å²) < 4.78 is 7.01. The number of anilines is 1. The summed E-state index contributed by atoms with van der Waals surface area (Å²) in [6.07, 6.45) is 3.27. The number of aryl methyl sites for hydroxylation is 2. The minimum absolute atomic E-state index is 0.174. The smallest absolute Gasteiger partial charge is 0.257 e. The number of hydrogen-bond acceptors (Lipinski definition) is 4. The summed E-state index contributed by atoms with van der Waals surface area (Å²) in [6, 6.07) is 7.25. The Morgan fingerprint density at radius 3 is 2.73 bits per heavy atom. The van der Waals surface area contributed by atoms with E-state index >= 15 is 0 Å². The minimum atomic E-state index is -0.174. The van der Waals surface area contributed by atoms with E-state index in [9.17, 15) is 4.79 Å². The number of carbonyl (C=O) groups excluding carboxylic acids is 1. The molecular formula is C16H16N4O2. The zero-order chi connectivity index (χ0) is 15.7. The second-order valence-electron chi connectivity index (χ2n) is 5.11. The Labute approximate surface area is 127 Å². The van der Waals surface area contributed by atoms with Gasteiger partial charge in [0, 0.05) is 23.7 Å². The molecule has 3 aromatic rings. The molecule has 0 spiro atoms. The summed E-state index contributed by atoms with van der Waals surface area (Å²) in [5.74, 6) is 1.23. The highest BCUT2D eigenvalue weighted by Gasteiger charge is 2.18. The lowest BCUT2D eigenvalue weighted by atomic mass is 10.2. The molecule has 6 heteroatoms. The molecule has 1 amide bonds. The Balaban J connectivity index is 1.94. The summed E-state index contributed by atoms with van der Waals surface area (Å²) in [4.78, 5) is 16.4. The second kappa shape index (κ2) is 5.48. The number of rotatable bonds is 3. The van der Waals surface area contributed by atoms with E-state index in [0.29, 0.717) is 17.1 Å². The van der Waals surface area contributed by atoms with Crippen LogP contribution in [-0.4, -0.2) is 20.6 Å². The average Bonchev–Trinajstić information content (AvgIpc) is 3.03. The van der Waals surface area contributed by atoms with E-state index in [1.807, 2.05) is 37.5 Å². The predicted octanol–water partition coefficient (Wildman–Crippen LogP) is 3.04. The van der Waals surface area contributed by atoms with E-state index in [2.05, 4.69) is 15.5 Å². The van der Waals surface area contributed by atoms with Gasteiger partial charge < -0.3 is 9.84 Å². The van der Waals surface area contributed by atoms with Gasteiger partial charge in [-0.2, -0.15) is 0 Å². The van der Waals surface area contributed by atoms with Gasteiger partial charge in [0.05, 0.1) is 17.4 Å². The fourth-order valence-corrected chi connectivity index (χ4v) is 2.44. The Hall–Kier alpha value is -2.89. The van der Waals surface area contributed by atoms with Crippen LogP contribution in [0.1, 0.15) is 27.5 Å². The van der Waals surface area contributed by atoms with Crippen molar-refractivity contribution in [3.63, 3.8) is 0 Å². The van der Waals surface area contributed by atoms with E-state index in [4.69, 9.17) is 4.52 Å². The first kappa shape index (κ1) is 14.1. The molecule has 3 heterocycles. The van der Waals surface area contributed by atoms with Gasteiger partial charge in [-0.15, -0.1) is 0 Å². The zero-order valence-electron chi connectivity index (χ0n) is 12.6. The maximum absolute atomic E-state index is 12.4. The van der Waals surface area contributed by atoms with Crippen LogP contribution in [0.5, 0.6) is 0 Å². The number of carbonyl (C=O) groups is 1. The number of amides is 1. The maximum atomic E-state index is 12.4. The SMILES string of the molecule is Cc1cc(-n2c(C)cc(C(=O)Nc3cccnc3)c2C)no1. The number of nitrogens with zero attached hydrogens (tertiary/aromatic N) is 3. The van der Waals surface area contributed by atoms with Crippen molar-refractivity contribution in [3.8, 4) is 5.82 Å². The molecule has 0 fully saturated rings. The second-order valence-corrected chi connectivity index (χ2v) is 5.11. The third-order valence-corrected chi connectivity index (χ3v) is 3.44. The van der Waals surface area contributed by atoms with Crippen LogP contribution in [0.4, 0.5) is 5.69 Å². The van der Waals surface area contributed by atoms with Crippen molar-refractivity contribution in [2.45, 2.75) is 20.8 Å². The first-order valence-electron chi connectivity index (χ1n) is 6.90. The third kappa shape index (κ3) is 2.50. The van der Waals surface area contributed by atoms with Crippen molar-refractivity contribution >= 4 is 11.6 Å². The molecule has 3 rings (SSSR count). The molecule has 22 heavy (non-hydrogen) atoms. The molecule has 0 saturated carbocycles. The van der Waals surface area contributed by atoms with Crippen molar-refractivity contribution in [2.75, 3.05) is 5.32 Å². The highest BCUT2D eigenvalue weighted by molar-refractivity contribution is 6.05. The summed E-state index contributed by atoms with van der Waals surface area (Å²) in [5, 5.41) is 6.85.